The highest BCUT2D eigenvalue weighted by Gasteiger charge is 2.41. The predicted molar refractivity (Wildman–Crippen MR) is 88.4 cm³/mol. The van der Waals surface area contributed by atoms with Crippen LogP contribution in [0.4, 0.5) is 0 Å². The van der Waals surface area contributed by atoms with E-state index in [1.807, 2.05) is 0 Å². The van der Waals surface area contributed by atoms with E-state index < -0.39 is 0 Å². The Hall–Kier alpha value is -0.570. The molecule has 2 fully saturated rings. The lowest BCUT2D eigenvalue weighted by Gasteiger charge is -2.48. The van der Waals surface area contributed by atoms with Gasteiger partial charge in [0.1, 0.15) is 0 Å². The van der Waals surface area contributed by atoms with E-state index in [9.17, 15) is 4.79 Å². The number of rotatable bonds is 9. The molecule has 1 heterocycles. The Morgan fingerprint density at radius 1 is 1.14 bits per heavy atom. The van der Waals surface area contributed by atoms with Crippen LogP contribution in [0.3, 0.4) is 0 Å². The van der Waals surface area contributed by atoms with Gasteiger partial charge in [-0.3, -0.25) is 4.79 Å². The average molecular weight is 294 g/mol. The normalized spacial score (nSPS) is 23.8. The van der Waals surface area contributed by atoms with Crippen molar-refractivity contribution in [3.05, 3.63) is 0 Å². The van der Waals surface area contributed by atoms with Crippen molar-refractivity contribution in [2.24, 2.45) is 0 Å². The summed E-state index contributed by atoms with van der Waals surface area (Å²) in [6.45, 7) is 3.32. The van der Waals surface area contributed by atoms with Gasteiger partial charge in [-0.2, -0.15) is 0 Å². The molecule has 1 saturated carbocycles. The lowest BCUT2D eigenvalue weighted by atomic mass is 9.70. The van der Waals surface area contributed by atoms with Crippen LogP contribution in [0, 0.1) is 0 Å². The monoisotopic (exact) mass is 294 g/mol. The second kappa shape index (κ2) is 8.77. The molecule has 0 aromatic carbocycles. The highest BCUT2D eigenvalue weighted by atomic mass is 16.1. The van der Waals surface area contributed by atoms with E-state index in [0.717, 1.165) is 32.2 Å². The van der Waals surface area contributed by atoms with Crippen molar-refractivity contribution in [3.8, 4) is 0 Å². The number of carbonyl (C=O) groups is 1. The largest absolute Gasteiger partial charge is 0.353 e. The van der Waals surface area contributed by atoms with Crippen LogP contribution >= 0.6 is 0 Å². The first kappa shape index (κ1) is 16.8. The minimum Gasteiger partial charge on any atom is -0.353 e. The Kier molecular flexibility index (Phi) is 7.01. The van der Waals surface area contributed by atoms with Crippen molar-refractivity contribution in [1.29, 1.82) is 0 Å². The number of amides is 1. The van der Waals surface area contributed by atoms with Gasteiger partial charge < -0.3 is 10.6 Å². The Morgan fingerprint density at radius 3 is 2.52 bits per heavy atom. The van der Waals surface area contributed by atoms with Crippen molar-refractivity contribution in [3.63, 3.8) is 0 Å². The van der Waals surface area contributed by atoms with Gasteiger partial charge in [-0.25, -0.2) is 0 Å². The fourth-order valence-electron chi connectivity index (χ4n) is 3.81. The molecule has 1 spiro atoms. The second-order valence-electron chi connectivity index (χ2n) is 7.19. The van der Waals surface area contributed by atoms with Gasteiger partial charge in [-0.1, -0.05) is 45.4 Å². The van der Waals surface area contributed by atoms with Gasteiger partial charge in [-0.15, -0.1) is 0 Å². The maximum Gasteiger partial charge on any atom is 0.220 e. The van der Waals surface area contributed by atoms with Crippen molar-refractivity contribution in [2.75, 3.05) is 6.54 Å². The highest BCUT2D eigenvalue weighted by molar-refractivity contribution is 5.76. The van der Waals surface area contributed by atoms with E-state index in [0.29, 0.717) is 11.6 Å². The molecule has 1 aliphatic carbocycles. The standard InChI is InChI=1S/C18H34N2O/c1-2-3-4-5-6-7-8-10-17(21)20-16-11-14-19-18(15-16)12-9-13-18/h16,19H,2-15H2,1H3,(H,20,21). The summed E-state index contributed by atoms with van der Waals surface area (Å²) in [5, 5.41) is 6.94. The number of carbonyl (C=O) groups excluding carboxylic acids is 1. The molecule has 2 aliphatic rings. The molecule has 21 heavy (non-hydrogen) atoms. The molecule has 1 unspecified atom stereocenters. The molecule has 0 bridgehead atoms. The number of piperidine rings is 1. The van der Waals surface area contributed by atoms with Crippen LogP contribution in [0.2, 0.25) is 0 Å². The number of hydrogen-bond acceptors (Lipinski definition) is 2. The van der Waals surface area contributed by atoms with E-state index in [2.05, 4.69) is 17.6 Å². The molecular formula is C18H34N2O. The average Bonchev–Trinajstić information content (AvgIpc) is 2.45. The SMILES string of the molecule is CCCCCCCCCC(=O)NC1CCNC2(CCC2)C1. The van der Waals surface area contributed by atoms with Gasteiger partial charge in [0.2, 0.25) is 5.91 Å². The third-order valence-corrected chi connectivity index (χ3v) is 5.31. The zero-order chi connectivity index (χ0) is 15.0. The molecule has 2 rings (SSSR count). The van der Waals surface area contributed by atoms with Crippen LogP contribution in [0.5, 0.6) is 0 Å². The molecule has 0 aromatic heterocycles. The summed E-state index contributed by atoms with van der Waals surface area (Å²) in [7, 11) is 0. The Bertz CT molecular complexity index is 312. The first-order chi connectivity index (χ1) is 10.2. The maximum absolute atomic E-state index is 12.0. The summed E-state index contributed by atoms with van der Waals surface area (Å²) in [4.78, 5) is 12.0. The molecule has 1 saturated heterocycles. The molecule has 122 valence electrons. The first-order valence-corrected chi connectivity index (χ1v) is 9.28. The predicted octanol–water partition coefficient (Wildman–Crippen LogP) is 3.92. The van der Waals surface area contributed by atoms with Crippen LogP contribution in [0.25, 0.3) is 0 Å². The zero-order valence-electron chi connectivity index (χ0n) is 13.9. The Labute approximate surface area is 130 Å². The van der Waals surface area contributed by atoms with Crippen LogP contribution < -0.4 is 10.6 Å². The number of nitrogens with one attached hydrogen (secondary N) is 2. The molecule has 0 radical (unpaired) electrons. The van der Waals surface area contributed by atoms with Crippen molar-refractivity contribution >= 4 is 5.91 Å². The second-order valence-corrected chi connectivity index (χ2v) is 7.19. The smallest absolute Gasteiger partial charge is 0.220 e. The fourth-order valence-corrected chi connectivity index (χ4v) is 3.81. The van der Waals surface area contributed by atoms with Crippen LogP contribution in [0.15, 0.2) is 0 Å². The summed E-state index contributed by atoms with van der Waals surface area (Å²) in [6.07, 6.45) is 15.9. The third-order valence-electron chi connectivity index (χ3n) is 5.31. The van der Waals surface area contributed by atoms with Gasteiger partial charge in [0.15, 0.2) is 0 Å². The van der Waals surface area contributed by atoms with E-state index >= 15 is 0 Å². The first-order valence-electron chi connectivity index (χ1n) is 9.28. The summed E-state index contributed by atoms with van der Waals surface area (Å²) < 4.78 is 0. The van der Waals surface area contributed by atoms with Crippen molar-refractivity contribution in [2.45, 2.75) is 102 Å². The molecular weight excluding hydrogens is 260 g/mol. The third kappa shape index (κ3) is 5.61. The molecule has 1 amide bonds. The minimum absolute atomic E-state index is 0.282. The molecule has 0 aromatic rings. The Balaban J connectivity index is 1.51. The molecule has 3 nitrogen and oxygen atoms in total. The topological polar surface area (TPSA) is 41.1 Å². The van der Waals surface area contributed by atoms with Crippen LogP contribution in [-0.2, 0) is 4.79 Å². The van der Waals surface area contributed by atoms with E-state index in [4.69, 9.17) is 0 Å². The number of unbranched alkanes of at least 4 members (excludes halogenated alkanes) is 6. The molecule has 1 aliphatic heterocycles. The highest BCUT2D eigenvalue weighted by Crippen LogP contribution is 2.38. The van der Waals surface area contributed by atoms with E-state index in [1.54, 1.807) is 0 Å². The molecule has 2 N–H and O–H groups in total. The Morgan fingerprint density at radius 2 is 1.86 bits per heavy atom. The van der Waals surface area contributed by atoms with Crippen LogP contribution in [-0.4, -0.2) is 24.0 Å². The maximum atomic E-state index is 12.0. The van der Waals surface area contributed by atoms with Gasteiger partial charge in [-0.05, 0) is 45.1 Å². The summed E-state index contributed by atoms with van der Waals surface area (Å²) >= 11 is 0. The molecule has 3 heteroatoms. The minimum atomic E-state index is 0.282. The van der Waals surface area contributed by atoms with E-state index in [-0.39, 0.29) is 5.91 Å². The fraction of sp³-hybridized carbons (Fsp3) is 0.944. The van der Waals surface area contributed by atoms with Gasteiger partial charge >= 0.3 is 0 Å². The quantitative estimate of drug-likeness (QED) is 0.633. The summed E-state index contributed by atoms with van der Waals surface area (Å²) in [6, 6.07) is 0.420. The lowest BCUT2D eigenvalue weighted by Crippen LogP contribution is -2.59. The van der Waals surface area contributed by atoms with Gasteiger partial charge in [0.25, 0.3) is 0 Å². The van der Waals surface area contributed by atoms with Crippen molar-refractivity contribution in [1.82, 2.24) is 10.6 Å². The van der Waals surface area contributed by atoms with Crippen molar-refractivity contribution < 1.29 is 4.79 Å². The zero-order valence-corrected chi connectivity index (χ0v) is 13.9. The van der Waals surface area contributed by atoms with Crippen LogP contribution in [0.1, 0.15) is 90.4 Å². The molecule has 1 atom stereocenters. The lowest BCUT2D eigenvalue weighted by molar-refractivity contribution is -0.122. The van der Waals surface area contributed by atoms with Gasteiger partial charge in [0.05, 0.1) is 0 Å². The van der Waals surface area contributed by atoms with E-state index in [1.165, 1.54) is 57.8 Å². The summed E-state index contributed by atoms with van der Waals surface area (Å²) in [5.74, 6) is 0.282. The number of hydrogen-bond donors (Lipinski definition) is 2. The van der Waals surface area contributed by atoms with Gasteiger partial charge in [0, 0.05) is 18.0 Å². The summed E-state index contributed by atoms with van der Waals surface area (Å²) in [5.41, 5.74) is 0.384.